The van der Waals surface area contributed by atoms with Crippen molar-refractivity contribution >= 4 is 0 Å². The van der Waals surface area contributed by atoms with Crippen LogP contribution < -0.4 is 0 Å². The molecule has 14 heavy (non-hydrogen) atoms. The fourth-order valence-electron chi connectivity index (χ4n) is 2.30. The molecule has 1 fully saturated rings. The fraction of sp³-hybridized carbons (Fsp3) is 0.846. The van der Waals surface area contributed by atoms with Crippen molar-refractivity contribution in [2.45, 2.75) is 59.0 Å². The molecule has 0 bridgehead atoms. The first-order valence-corrected chi connectivity index (χ1v) is 5.97. The molecule has 0 amide bonds. The van der Waals surface area contributed by atoms with E-state index in [0.29, 0.717) is 5.92 Å². The van der Waals surface area contributed by atoms with Gasteiger partial charge in [-0.1, -0.05) is 39.2 Å². The first-order valence-electron chi connectivity index (χ1n) is 5.97. The highest BCUT2D eigenvalue weighted by molar-refractivity contribution is 5.08. The van der Waals surface area contributed by atoms with Crippen LogP contribution in [0.15, 0.2) is 11.6 Å². The number of rotatable bonds is 3. The molecule has 1 N–H and O–H groups in total. The highest BCUT2D eigenvalue weighted by atomic mass is 16.3. The largest absolute Gasteiger partial charge is 0.389 e. The monoisotopic (exact) mass is 196 g/mol. The van der Waals surface area contributed by atoms with Crippen molar-refractivity contribution in [3.05, 3.63) is 11.6 Å². The average Bonchev–Trinajstić information content (AvgIpc) is 2.18. The molecule has 0 radical (unpaired) electrons. The van der Waals surface area contributed by atoms with E-state index in [4.69, 9.17) is 0 Å². The summed E-state index contributed by atoms with van der Waals surface area (Å²) in [5.74, 6) is 1.08. The van der Waals surface area contributed by atoms with Crippen molar-refractivity contribution in [1.82, 2.24) is 0 Å². The maximum absolute atomic E-state index is 9.86. The zero-order chi connectivity index (χ0) is 10.6. The molecule has 1 nitrogen and oxygen atoms in total. The Hall–Kier alpha value is -0.300. The van der Waals surface area contributed by atoms with Crippen molar-refractivity contribution < 1.29 is 5.11 Å². The van der Waals surface area contributed by atoms with E-state index < -0.39 is 0 Å². The van der Waals surface area contributed by atoms with Crippen molar-refractivity contribution in [1.29, 1.82) is 0 Å². The molecular formula is C13H24O. The molecule has 0 unspecified atom stereocenters. The fourth-order valence-corrected chi connectivity index (χ4v) is 2.30. The molecule has 0 saturated heterocycles. The summed E-state index contributed by atoms with van der Waals surface area (Å²) in [7, 11) is 0. The SMILES string of the molecule is C/C(=C\C1CCCCC1)[C@H](O)C(C)C. The predicted octanol–water partition coefficient (Wildman–Crippen LogP) is 3.53. The second kappa shape index (κ2) is 5.55. The van der Waals surface area contributed by atoms with Gasteiger partial charge in [0, 0.05) is 0 Å². The number of hydrogen-bond acceptors (Lipinski definition) is 1. The van der Waals surface area contributed by atoms with Crippen molar-refractivity contribution in [2.75, 3.05) is 0 Å². The van der Waals surface area contributed by atoms with Crippen LogP contribution in [0.5, 0.6) is 0 Å². The summed E-state index contributed by atoms with van der Waals surface area (Å²) in [5.41, 5.74) is 1.17. The first-order chi connectivity index (χ1) is 6.61. The van der Waals surface area contributed by atoms with Gasteiger partial charge in [0.15, 0.2) is 0 Å². The number of hydrogen-bond donors (Lipinski definition) is 1. The lowest BCUT2D eigenvalue weighted by Gasteiger charge is -2.21. The minimum absolute atomic E-state index is 0.239. The van der Waals surface area contributed by atoms with Crippen LogP contribution in [0.3, 0.4) is 0 Å². The summed E-state index contributed by atoms with van der Waals surface area (Å²) < 4.78 is 0. The third-order valence-electron chi connectivity index (χ3n) is 3.25. The average molecular weight is 196 g/mol. The third kappa shape index (κ3) is 3.45. The van der Waals surface area contributed by atoms with E-state index >= 15 is 0 Å². The van der Waals surface area contributed by atoms with E-state index in [9.17, 15) is 5.11 Å². The number of allylic oxidation sites excluding steroid dienone is 1. The summed E-state index contributed by atoms with van der Waals surface area (Å²) in [6.07, 6.45) is 8.85. The molecule has 82 valence electrons. The lowest BCUT2D eigenvalue weighted by molar-refractivity contribution is 0.159. The Kier molecular flexibility index (Phi) is 4.67. The summed E-state index contributed by atoms with van der Waals surface area (Å²) in [6.45, 7) is 6.21. The van der Waals surface area contributed by atoms with Gasteiger partial charge in [0.25, 0.3) is 0 Å². The second-order valence-corrected chi connectivity index (χ2v) is 5.00. The van der Waals surface area contributed by atoms with Gasteiger partial charge in [-0.2, -0.15) is 0 Å². The molecule has 0 spiro atoms. The molecular weight excluding hydrogens is 172 g/mol. The molecule has 1 rings (SSSR count). The molecule has 0 aromatic rings. The lowest BCUT2D eigenvalue weighted by atomic mass is 9.86. The number of aliphatic hydroxyl groups is 1. The van der Waals surface area contributed by atoms with Crippen LogP contribution in [-0.2, 0) is 0 Å². The van der Waals surface area contributed by atoms with Gasteiger partial charge >= 0.3 is 0 Å². The van der Waals surface area contributed by atoms with Crippen LogP contribution >= 0.6 is 0 Å². The van der Waals surface area contributed by atoms with E-state index in [1.54, 1.807) is 0 Å². The molecule has 1 aliphatic rings. The Labute approximate surface area is 88.2 Å². The van der Waals surface area contributed by atoms with Crippen molar-refractivity contribution in [3.63, 3.8) is 0 Å². The Bertz CT molecular complexity index is 187. The minimum atomic E-state index is -0.239. The van der Waals surface area contributed by atoms with Crippen molar-refractivity contribution in [3.8, 4) is 0 Å². The Balaban J connectivity index is 2.48. The molecule has 1 saturated carbocycles. The summed E-state index contributed by atoms with van der Waals surface area (Å²) in [4.78, 5) is 0. The maximum Gasteiger partial charge on any atom is 0.0770 e. The molecule has 0 aliphatic heterocycles. The van der Waals surface area contributed by atoms with Crippen LogP contribution in [-0.4, -0.2) is 11.2 Å². The maximum atomic E-state index is 9.86. The van der Waals surface area contributed by atoms with Crippen LogP contribution in [0.25, 0.3) is 0 Å². The molecule has 1 aliphatic carbocycles. The molecule has 0 aromatic carbocycles. The zero-order valence-electron chi connectivity index (χ0n) is 9.79. The van der Waals surface area contributed by atoms with Gasteiger partial charge < -0.3 is 5.11 Å². The van der Waals surface area contributed by atoms with Crippen LogP contribution in [0.4, 0.5) is 0 Å². The second-order valence-electron chi connectivity index (χ2n) is 5.00. The van der Waals surface area contributed by atoms with Crippen LogP contribution in [0, 0.1) is 11.8 Å². The van der Waals surface area contributed by atoms with Gasteiger partial charge in [-0.05, 0) is 37.2 Å². The van der Waals surface area contributed by atoms with E-state index in [2.05, 4.69) is 26.8 Å². The highest BCUT2D eigenvalue weighted by Gasteiger charge is 2.15. The molecule has 1 atom stereocenters. The summed E-state index contributed by atoms with van der Waals surface area (Å²) >= 11 is 0. The third-order valence-corrected chi connectivity index (χ3v) is 3.25. The Morgan fingerprint density at radius 1 is 1.21 bits per heavy atom. The topological polar surface area (TPSA) is 20.2 Å². The molecule has 0 aromatic heterocycles. The Morgan fingerprint density at radius 3 is 2.29 bits per heavy atom. The van der Waals surface area contributed by atoms with Gasteiger partial charge in [0.2, 0.25) is 0 Å². The van der Waals surface area contributed by atoms with Gasteiger partial charge in [-0.25, -0.2) is 0 Å². The van der Waals surface area contributed by atoms with Gasteiger partial charge in [-0.3, -0.25) is 0 Å². The van der Waals surface area contributed by atoms with Crippen molar-refractivity contribution in [2.24, 2.45) is 11.8 Å². The van der Waals surface area contributed by atoms with Crippen LogP contribution in [0.2, 0.25) is 0 Å². The quantitative estimate of drug-likeness (QED) is 0.685. The predicted molar refractivity (Wildman–Crippen MR) is 61.2 cm³/mol. The normalized spacial score (nSPS) is 22.8. The smallest absolute Gasteiger partial charge is 0.0770 e. The minimum Gasteiger partial charge on any atom is -0.389 e. The van der Waals surface area contributed by atoms with E-state index in [0.717, 1.165) is 5.92 Å². The van der Waals surface area contributed by atoms with Gasteiger partial charge in [-0.15, -0.1) is 0 Å². The van der Waals surface area contributed by atoms with E-state index in [-0.39, 0.29) is 6.10 Å². The summed E-state index contributed by atoms with van der Waals surface area (Å²) in [6, 6.07) is 0. The Morgan fingerprint density at radius 2 is 1.79 bits per heavy atom. The summed E-state index contributed by atoms with van der Waals surface area (Å²) in [5, 5.41) is 9.86. The lowest BCUT2D eigenvalue weighted by Crippen LogP contribution is -2.17. The molecule has 1 heteroatoms. The zero-order valence-corrected chi connectivity index (χ0v) is 9.79. The van der Waals surface area contributed by atoms with Gasteiger partial charge in [0.1, 0.15) is 0 Å². The standard InChI is InChI=1S/C13H24O/c1-10(2)13(14)11(3)9-12-7-5-4-6-8-12/h9-10,12-14H,4-8H2,1-3H3/b11-9+/t13-/m1/s1. The van der Waals surface area contributed by atoms with E-state index in [1.165, 1.54) is 37.7 Å². The first kappa shape index (κ1) is 11.8. The van der Waals surface area contributed by atoms with Crippen LogP contribution in [0.1, 0.15) is 52.9 Å². The highest BCUT2D eigenvalue weighted by Crippen LogP contribution is 2.26. The van der Waals surface area contributed by atoms with E-state index in [1.807, 2.05) is 0 Å². The number of aliphatic hydroxyl groups excluding tert-OH is 1. The van der Waals surface area contributed by atoms with Gasteiger partial charge in [0.05, 0.1) is 6.10 Å². The molecule has 0 heterocycles.